The van der Waals surface area contributed by atoms with Crippen LogP contribution in [0.1, 0.15) is 18.6 Å². The predicted octanol–water partition coefficient (Wildman–Crippen LogP) is 0.922. The van der Waals surface area contributed by atoms with Gasteiger partial charge in [-0.05, 0) is 37.4 Å². The number of carbonyl (C=O) groups is 1. The third kappa shape index (κ3) is 3.04. The number of hydrogen-bond acceptors (Lipinski definition) is 4. The van der Waals surface area contributed by atoms with Crippen LogP contribution in [0.25, 0.3) is 0 Å². The molecule has 2 fully saturated rings. The topological polar surface area (TPSA) is 48.7 Å². The summed E-state index contributed by atoms with van der Waals surface area (Å²) in [5.41, 5.74) is 0. The Hall–Kier alpha value is -1.33. The third-order valence-electron chi connectivity index (χ3n) is 4.43. The summed E-state index contributed by atoms with van der Waals surface area (Å²) in [7, 11) is 1.84. The molecule has 0 aliphatic carbocycles. The molecule has 1 N–H and O–H groups in total. The zero-order valence-corrected chi connectivity index (χ0v) is 12.0. The van der Waals surface area contributed by atoms with Crippen LogP contribution >= 0.6 is 0 Å². The molecule has 2 saturated heterocycles. The van der Waals surface area contributed by atoms with Gasteiger partial charge in [-0.2, -0.15) is 0 Å². The van der Waals surface area contributed by atoms with Gasteiger partial charge in [0.05, 0.1) is 19.4 Å². The maximum Gasteiger partial charge on any atom is 0.236 e. The Morgan fingerprint density at radius 1 is 1.55 bits per heavy atom. The first-order chi connectivity index (χ1) is 9.72. The normalized spacial score (nSPS) is 26.4. The highest BCUT2D eigenvalue weighted by Gasteiger charge is 2.35. The summed E-state index contributed by atoms with van der Waals surface area (Å²) in [5, 5.41) is 3.57. The van der Waals surface area contributed by atoms with Crippen molar-refractivity contribution < 1.29 is 9.21 Å². The molecule has 0 aromatic carbocycles. The fourth-order valence-electron chi connectivity index (χ4n) is 3.30. The van der Waals surface area contributed by atoms with Crippen molar-refractivity contribution in [3.05, 3.63) is 24.2 Å². The predicted molar refractivity (Wildman–Crippen MR) is 76.1 cm³/mol. The third-order valence-corrected chi connectivity index (χ3v) is 4.43. The number of likely N-dealkylation sites (N-methyl/N-ethyl adjacent to an activating group) is 1. The minimum Gasteiger partial charge on any atom is -0.467 e. The number of furan rings is 1. The molecule has 5 nitrogen and oxygen atoms in total. The highest BCUT2D eigenvalue weighted by atomic mass is 16.3. The number of carbonyl (C=O) groups excluding carboxylic acids is 1. The SMILES string of the molecule is CN(Cc1ccco1)C(=O)CN1CC2CCCNC2C1. The van der Waals surface area contributed by atoms with E-state index in [0.29, 0.717) is 19.1 Å². The van der Waals surface area contributed by atoms with Crippen molar-refractivity contribution in [2.24, 2.45) is 5.92 Å². The number of rotatable bonds is 4. The summed E-state index contributed by atoms with van der Waals surface area (Å²) >= 11 is 0. The minimum absolute atomic E-state index is 0.167. The van der Waals surface area contributed by atoms with Crippen molar-refractivity contribution in [1.29, 1.82) is 0 Å². The van der Waals surface area contributed by atoms with Crippen LogP contribution in [0.4, 0.5) is 0 Å². The van der Waals surface area contributed by atoms with E-state index in [-0.39, 0.29) is 5.91 Å². The van der Waals surface area contributed by atoms with Gasteiger partial charge in [0.1, 0.15) is 5.76 Å². The smallest absolute Gasteiger partial charge is 0.236 e. The van der Waals surface area contributed by atoms with E-state index in [1.807, 2.05) is 19.2 Å². The highest BCUT2D eigenvalue weighted by Crippen LogP contribution is 2.24. The highest BCUT2D eigenvalue weighted by molar-refractivity contribution is 5.78. The van der Waals surface area contributed by atoms with Crippen LogP contribution in [-0.4, -0.2) is 55.0 Å². The first kappa shape index (κ1) is 13.6. The molecule has 1 aromatic heterocycles. The lowest BCUT2D eigenvalue weighted by Crippen LogP contribution is -2.41. The van der Waals surface area contributed by atoms with Crippen molar-refractivity contribution >= 4 is 5.91 Å². The molecule has 2 atom stereocenters. The maximum absolute atomic E-state index is 12.3. The van der Waals surface area contributed by atoms with Gasteiger partial charge in [-0.25, -0.2) is 0 Å². The molecular formula is C15H23N3O2. The molecule has 20 heavy (non-hydrogen) atoms. The molecule has 0 bridgehead atoms. The number of hydrogen-bond donors (Lipinski definition) is 1. The average Bonchev–Trinajstić information content (AvgIpc) is 3.06. The summed E-state index contributed by atoms with van der Waals surface area (Å²) in [6, 6.07) is 4.34. The van der Waals surface area contributed by atoms with E-state index in [1.165, 1.54) is 12.8 Å². The van der Waals surface area contributed by atoms with Crippen LogP contribution in [0, 0.1) is 5.92 Å². The second-order valence-electron chi connectivity index (χ2n) is 5.99. The quantitative estimate of drug-likeness (QED) is 0.889. The zero-order chi connectivity index (χ0) is 13.9. The van der Waals surface area contributed by atoms with Crippen molar-refractivity contribution in [3.8, 4) is 0 Å². The van der Waals surface area contributed by atoms with E-state index in [0.717, 1.165) is 31.3 Å². The monoisotopic (exact) mass is 277 g/mol. The molecule has 3 rings (SSSR count). The van der Waals surface area contributed by atoms with Crippen LogP contribution in [0.15, 0.2) is 22.8 Å². The van der Waals surface area contributed by atoms with Gasteiger partial charge in [0, 0.05) is 26.2 Å². The van der Waals surface area contributed by atoms with Crippen molar-refractivity contribution in [2.75, 3.05) is 33.2 Å². The van der Waals surface area contributed by atoms with Gasteiger partial charge in [0.25, 0.3) is 0 Å². The van der Waals surface area contributed by atoms with E-state index in [4.69, 9.17) is 4.42 Å². The lowest BCUT2D eigenvalue weighted by Gasteiger charge is -2.24. The summed E-state index contributed by atoms with van der Waals surface area (Å²) < 4.78 is 5.28. The number of nitrogens with one attached hydrogen (secondary N) is 1. The molecule has 2 aliphatic heterocycles. The summed E-state index contributed by atoms with van der Waals surface area (Å²) in [5.74, 6) is 1.73. The van der Waals surface area contributed by atoms with E-state index >= 15 is 0 Å². The summed E-state index contributed by atoms with van der Waals surface area (Å²) in [6.07, 6.45) is 4.20. The van der Waals surface area contributed by atoms with E-state index in [9.17, 15) is 4.79 Å². The van der Waals surface area contributed by atoms with Crippen LogP contribution in [0.2, 0.25) is 0 Å². The van der Waals surface area contributed by atoms with Gasteiger partial charge in [-0.1, -0.05) is 0 Å². The number of nitrogens with zero attached hydrogens (tertiary/aromatic N) is 2. The zero-order valence-electron chi connectivity index (χ0n) is 12.0. The van der Waals surface area contributed by atoms with E-state index in [1.54, 1.807) is 11.2 Å². The van der Waals surface area contributed by atoms with Gasteiger partial charge in [0.2, 0.25) is 5.91 Å². The molecule has 5 heteroatoms. The molecule has 3 heterocycles. The van der Waals surface area contributed by atoms with Crippen molar-refractivity contribution in [3.63, 3.8) is 0 Å². The van der Waals surface area contributed by atoms with E-state index in [2.05, 4.69) is 10.2 Å². The molecular weight excluding hydrogens is 254 g/mol. The Morgan fingerprint density at radius 2 is 2.45 bits per heavy atom. The van der Waals surface area contributed by atoms with Crippen LogP contribution in [0.3, 0.4) is 0 Å². The second kappa shape index (κ2) is 5.97. The molecule has 0 spiro atoms. The molecule has 0 saturated carbocycles. The fraction of sp³-hybridized carbons (Fsp3) is 0.667. The summed E-state index contributed by atoms with van der Waals surface area (Å²) in [4.78, 5) is 16.3. The van der Waals surface area contributed by atoms with Crippen molar-refractivity contribution in [2.45, 2.75) is 25.4 Å². The van der Waals surface area contributed by atoms with Crippen LogP contribution in [-0.2, 0) is 11.3 Å². The average molecular weight is 277 g/mol. The van der Waals surface area contributed by atoms with Gasteiger partial charge < -0.3 is 14.6 Å². The van der Waals surface area contributed by atoms with Crippen LogP contribution in [0.5, 0.6) is 0 Å². The Morgan fingerprint density at radius 3 is 3.20 bits per heavy atom. The van der Waals surface area contributed by atoms with Gasteiger partial charge in [-0.15, -0.1) is 0 Å². The van der Waals surface area contributed by atoms with E-state index < -0.39 is 0 Å². The molecule has 0 radical (unpaired) electrons. The largest absolute Gasteiger partial charge is 0.467 e. The Labute approximate surface area is 119 Å². The van der Waals surface area contributed by atoms with Gasteiger partial charge in [0.15, 0.2) is 0 Å². The lowest BCUT2D eigenvalue weighted by molar-refractivity contribution is -0.131. The van der Waals surface area contributed by atoms with Gasteiger partial charge >= 0.3 is 0 Å². The lowest BCUT2D eigenvalue weighted by atomic mass is 9.94. The molecule has 2 aliphatic rings. The Bertz CT molecular complexity index is 432. The molecule has 1 amide bonds. The second-order valence-corrected chi connectivity index (χ2v) is 5.99. The van der Waals surface area contributed by atoms with Gasteiger partial charge in [-0.3, -0.25) is 9.69 Å². The fourth-order valence-corrected chi connectivity index (χ4v) is 3.30. The molecule has 110 valence electrons. The first-order valence-electron chi connectivity index (χ1n) is 7.44. The molecule has 1 aromatic rings. The summed E-state index contributed by atoms with van der Waals surface area (Å²) in [6.45, 7) is 4.25. The first-order valence-corrected chi connectivity index (χ1v) is 7.44. The molecule has 2 unspecified atom stereocenters. The number of amides is 1. The standard InChI is InChI=1S/C15H23N3O2/c1-17(9-13-5-3-7-20-13)15(19)11-18-8-12-4-2-6-16-14(12)10-18/h3,5,7,12,14,16H,2,4,6,8-11H2,1H3. The Balaban J connectivity index is 1.49. The van der Waals surface area contributed by atoms with Crippen LogP contribution < -0.4 is 5.32 Å². The number of piperidine rings is 1. The minimum atomic E-state index is 0.167. The Kier molecular flexibility index (Phi) is 4.08. The number of fused-ring (bicyclic) bond motifs is 1. The maximum atomic E-state index is 12.3. The number of likely N-dealkylation sites (tertiary alicyclic amines) is 1. The van der Waals surface area contributed by atoms with Crippen molar-refractivity contribution in [1.82, 2.24) is 15.1 Å².